The van der Waals surface area contributed by atoms with Crippen LogP contribution in [0.15, 0.2) is 77.2 Å². The molecule has 2 heterocycles. The third-order valence-corrected chi connectivity index (χ3v) is 5.67. The Hall–Kier alpha value is -4.11. The Bertz CT molecular complexity index is 1380. The number of thiophene rings is 1. The van der Waals surface area contributed by atoms with Crippen LogP contribution in [-0.4, -0.2) is 33.8 Å². The molecule has 0 aliphatic rings. The highest BCUT2D eigenvalue weighted by Gasteiger charge is 2.16. The molecule has 0 fully saturated rings. The fraction of sp³-hybridized carbons (Fsp3) is 0.125. The number of hydrogen-bond donors (Lipinski definition) is 1. The second-order valence-corrected chi connectivity index (χ2v) is 7.98. The molecule has 0 unspecified atom stereocenters. The van der Waals surface area contributed by atoms with Gasteiger partial charge < -0.3 is 10.1 Å². The molecule has 0 saturated carbocycles. The molecule has 1 amide bonds. The van der Waals surface area contributed by atoms with Crippen molar-refractivity contribution in [3.63, 3.8) is 0 Å². The molecule has 2 aromatic carbocycles. The maximum Gasteiger partial charge on any atom is 0.308 e. The smallest absolute Gasteiger partial charge is 0.308 e. The molecule has 0 aliphatic heterocycles. The van der Waals surface area contributed by atoms with Crippen LogP contribution in [0.2, 0.25) is 0 Å². The number of para-hydroxylation sites is 1. The van der Waals surface area contributed by atoms with E-state index >= 15 is 0 Å². The molecule has 0 spiro atoms. The van der Waals surface area contributed by atoms with Gasteiger partial charge in [0.05, 0.1) is 23.8 Å². The molecule has 9 heteroatoms. The first-order chi connectivity index (χ1) is 16.0. The van der Waals surface area contributed by atoms with Crippen LogP contribution in [0.3, 0.4) is 0 Å². The van der Waals surface area contributed by atoms with Crippen LogP contribution < -0.4 is 10.9 Å². The molecular formula is C24H19N3O5S. The van der Waals surface area contributed by atoms with E-state index in [9.17, 15) is 19.2 Å². The largest absolute Gasteiger partial charge is 0.456 e. The van der Waals surface area contributed by atoms with Crippen LogP contribution in [0.4, 0.5) is 5.69 Å². The Morgan fingerprint density at radius 1 is 1.00 bits per heavy atom. The number of carbonyl (C=O) groups is 3. The number of ether oxygens (including phenoxy) is 1. The van der Waals surface area contributed by atoms with Crippen molar-refractivity contribution in [3.8, 4) is 0 Å². The zero-order valence-corrected chi connectivity index (χ0v) is 18.2. The van der Waals surface area contributed by atoms with Gasteiger partial charge in [-0.1, -0.05) is 42.5 Å². The fourth-order valence-electron chi connectivity index (χ4n) is 3.20. The zero-order valence-electron chi connectivity index (χ0n) is 17.4. The minimum Gasteiger partial charge on any atom is -0.456 e. The van der Waals surface area contributed by atoms with E-state index in [1.54, 1.807) is 60.0 Å². The minimum absolute atomic E-state index is 0.0897. The highest BCUT2D eigenvalue weighted by Crippen LogP contribution is 2.19. The summed E-state index contributed by atoms with van der Waals surface area (Å²) in [5.41, 5.74) is 0.927. The van der Waals surface area contributed by atoms with E-state index in [2.05, 4.69) is 10.3 Å². The number of aromatic nitrogens is 2. The van der Waals surface area contributed by atoms with E-state index < -0.39 is 18.5 Å². The van der Waals surface area contributed by atoms with Crippen LogP contribution in [0, 0.1) is 0 Å². The maximum atomic E-state index is 12.8. The lowest BCUT2D eigenvalue weighted by molar-refractivity contribution is -0.147. The summed E-state index contributed by atoms with van der Waals surface area (Å²) in [6, 6.07) is 17.0. The molecule has 8 nitrogen and oxygen atoms in total. The Morgan fingerprint density at radius 2 is 1.76 bits per heavy atom. The summed E-state index contributed by atoms with van der Waals surface area (Å²) in [6.45, 7) is -0.421. The van der Waals surface area contributed by atoms with Gasteiger partial charge in [0.25, 0.3) is 11.5 Å². The van der Waals surface area contributed by atoms with Gasteiger partial charge in [0.1, 0.15) is 4.83 Å². The lowest BCUT2D eigenvalue weighted by Crippen LogP contribution is -2.24. The van der Waals surface area contributed by atoms with Crippen LogP contribution in [0.25, 0.3) is 10.2 Å². The van der Waals surface area contributed by atoms with Crippen molar-refractivity contribution in [1.82, 2.24) is 9.55 Å². The van der Waals surface area contributed by atoms with E-state index in [0.29, 0.717) is 27.0 Å². The molecule has 2 aromatic heterocycles. The van der Waals surface area contributed by atoms with Gasteiger partial charge >= 0.3 is 5.97 Å². The van der Waals surface area contributed by atoms with Gasteiger partial charge in [-0.05, 0) is 23.6 Å². The molecule has 0 saturated heterocycles. The summed E-state index contributed by atoms with van der Waals surface area (Å²) >= 11 is 1.37. The molecule has 33 heavy (non-hydrogen) atoms. The summed E-state index contributed by atoms with van der Waals surface area (Å²) < 4.78 is 6.36. The number of rotatable bonds is 8. The quantitative estimate of drug-likeness (QED) is 0.319. The number of benzene rings is 2. The summed E-state index contributed by atoms with van der Waals surface area (Å²) in [5, 5.41) is 4.89. The van der Waals surface area contributed by atoms with E-state index in [1.165, 1.54) is 22.2 Å². The molecule has 0 aliphatic carbocycles. The van der Waals surface area contributed by atoms with Gasteiger partial charge in [-0.15, -0.1) is 11.3 Å². The summed E-state index contributed by atoms with van der Waals surface area (Å²) in [6.07, 6.45) is 1.30. The monoisotopic (exact) mass is 461 g/mol. The predicted molar refractivity (Wildman–Crippen MR) is 124 cm³/mol. The standard InChI is InChI=1S/C24H19N3O5S/c28-20(26-19-9-5-4-8-17(19)22(30)16-6-2-1-3-7-16)14-32-21(29)10-12-27-15-25-23-18(24(27)31)11-13-33-23/h1-9,11,13,15H,10,12,14H2,(H,26,28). The second kappa shape index (κ2) is 10.0. The van der Waals surface area contributed by atoms with Crippen LogP contribution in [0.1, 0.15) is 22.3 Å². The number of nitrogens with one attached hydrogen (secondary N) is 1. The van der Waals surface area contributed by atoms with Gasteiger partial charge in [0, 0.05) is 17.7 Å². The zero-order chi connectivity index (χ0) is 23.2. The van der Waals surface area contributed by atoms with Crippen molar-refractivity contribution in [2.45, 2.75) is 13.0 Å². The number of ketones is 1. The third kappa shape index (κ3) is 5.21. The van der Waals surface area contributed by atoms with Crippen molar-refractivity contribution in [2.24, 2.45) is 0 Å². The topological polar surface area (TPSA) is 107 Å². The molecule has 0 bridgehead atoms. The summed E-state index contributed by atoms with van der Waals surface area (Å²) in [7, 11) is 0. The average molecular weight is 461 g/mol. The Labute approximate surface area is 192 Å². The molecule has 166 valence electrons. The number of carbonyl (C=O) groups excluding carboxylic acids is 3. The van der Waals surface area contributed by atoms with Crippen molar-refractivity contribution in [2.75, 3.05) is 11.9 Å². The highest BCUT2D eigenvalue weighted by atomic mass is 32.1. The Balaban J connectivity index is 1.32. The predicted octanol–water partition coefficient (Wildman–Crippen LogP) is 3.26. The van der Waals surface area contributed by atoms with Crippen LogP contribution in [0.5, 0.6) is 0 Å². The Morgan fingerprint density at radius 3 is 2.58 bits per heavy atom. The first-order valence-electron chi connectivity index (χ1n) is 10.1. The number of aryl methyl sites for hydroxylation is 1. The van der Waals surface area contributed by atoms with Gasteiger partial charge in [-0.2, -0.15) is 0 Å². The number of hydrogen-bond acceptors (Lipinski definition) is 7. The maximum absolute atomic E-state index is 12.8. The van der Waals surface area contributed by atoms with Crippen LogP contribution >= 0.6 is 11.3 Å². The second-order valence-electron chi connectivity index (χ2n) is 7.08. The molecule has 0 atom stereocenters. The fourth-order valence-corrected chi connectivity index (χ4v) is 3.93. The minimum atomic E-state index is -0.629. The van der Waals surface area contributed by atoms with E-state index in [-0.39, 0.29) is 24.3 Å². The average Bonchev–Trinajstić information content (AvgIpc) is 3.33. The van der Waals surface area contributed by atoms with E-state index in [0.717, 1.165) is 0 Å². The normalized spacial score (nSPS) is 10.7. The number of anilines is 1. The van der Waals surface area contributed by atoms with Crippen LogP contribution in [-0.2, 0) is 20.9 Å². The molecule has 4 rings (SSSR count). The number of fused-ring (bicyclic) bond motifs is 1. The summed E-state index contributed by atoms with van der Waals surface area (Å²) in [5.74, 6) is -1.43. The summed E-state index contributed by atoms with van der Waals surface area (Å²) in [4.78, 5) is 54.3. The van der Waals surface area contributed by atoms with E-state index in [4.69, 9.17) is 4.74 Å². The number of nitrogens with zero attached hydrogens (tertiary/aromatic N) is 2. The van der Waals surface area contributed by atoms with E-state index in [1.807, 2.05) is 6.07 Å². The molecule has 0 radical (unpaired) electrons. The molecule has 1 N–H and O–H groups in total. The van der Waals surface area contributed by atoms with Gasteiger partial charge in [-0.3, -0.25) is 23.7 Å². The van der Waals surface area contributed by atoms with Crippen molar-refractivity contribution < 1.29 is 19.1 Å². The Kier molecular flexibility index (Phi) is 6.70. The van der Waals surface area contributed by atoms with Crippen molar-refractivity contribution in [3.05, 3.63) is 93.9 Å². The SMILES string of the molecule is O=C(COC(=O)CCn1cnc2sccc2c1=O)Nc1ccccc1C(=O)c1ccccc1. The highest BCUT2D eigenvalue weighted by molar-refractivity contribution is 7.16. The number of esters is 1. The molecule has 4 aromatic rings. The lowest BCUT2D eigenvalue weighted by Gasteiger charge is -2.11. The van der Waals surface area contributed by atoms with Gasteiger partial charge in [0.15, 0.2) is 12.4 Å². The lowest BCUT2D eigenvalue weighted by atomic mass is 10.0. The number of amides is 1. The first kappa shape index (κ1) is 22.1. The van der Waals surface area contributed by atoms with Gasteiger partial charge in [0.2, 0.25) is 0 Å². The molecular weight excluding hydrogens is 442 g/mol. The van der Waals surface area contributed by atoms with Gasteiger partial charge in [-0.25, -0.2) is 4.98 Å². The van der Waals surface area contributed by atoms with Crippen molar-refractivity contribution in [1.29, 1.82) is 0 Å². The third-order valence-electron chi connectivity index (χ3n) is 4.85. The van der Waals surface area contributed by atoms with Crippen molar-refractivity contribution >= 4 is 44.9 Å². The first-order valence-corrected chi connectivity index (χ1v) is 11.0.